The van der Waals surface area contributed by atoms with Gasteiger partial charge in [-0.1, -0.05) is 45.4 Å². The number of esters is 1. The van der Waals surface area contributed by atoms with Crippen molar-refractivity contribution < 1.29 is 14.4 Å². The second-order valence-corrected chi connectivity index (χ2v) is 7.32. The van der Waals surface area contributed by atoms with Crippen LogP contribution in [0.1, 0.15) is 41.7 Å². The molecule has 0 atom stereocenters. The molecule has 2 aromatic rings. The molecule has 0 fully saturated rings. The number of halogens is 1. The lowest BCUT2D eigenvalue weighted by molar-refractivity contribution is -0.131. The van der Waals surface area contributed by atoms with Gasteiger partial charge in [0.15, 0.2) is 0 Å². The lowest BCUT2D eigenvalue weighted by Gasteiger charge is -2.19. The van der Waals surface area contributed by atoms with Crippen LogP contribution in [0.25, 0.3) is 0 Å². The zero-order valence-corrected chi connectivity index (χ0v) is 16.9. The summed E-state index contributed by atoms with van der Waals surface area (Å²) in [4.78, 5) is 16.7. The minimum atomic E-state index is -0.326. The minimum absolute atomic E-state index is 0.326. The molecule has 4 aliphatic carbocycles. The zero-order valence-electron chi connectivity index (χ0n) is 15.3. The van der Waals surface area contributed by atoms with E-state index in [1.807, 2.05) is 6.92 Å². The van der Waals surface area contributed by atoms with E-state index in [9.17, 15) is 4.79 Å². The highest BCUT2D eigenvalue weighted by Crippen LogP contribution is 2.32. The summed E-state index contributed by atoms with van der Waals surface area (Å²) in [6.07, 6.45) is 3.35. The van der Waals surface area contributed by atoms with Crippen molar-refractivity contribution in [2.75, 3.05) is 7.11 Å². The fraction of sp³-hybridized carbons (Fsp3) is 0.333. The van der Waals surface area contributed by atoms with E-state index in [1.54, 1.807) is 0 Å². The molecule has 6 rings (SSSR count). The van der Waals surface area contributed by atoms with Crippen LogP contribution in [0.5, 0.6) is 5.75 Å². The van der Waals surface area contributed by atoms with Gasteiger partial charge < -0.3 is 9.57 Å². The summed E-state index contributed by atoms with van der Waals surface area (Å²) in [5, 5.41) is 4.11. The van der Waals surface area contributed by atoms with Crippen LogP contribution in [0.3, 0.4) is 0 Å². The molecular formula is C21H22BrNO3. The standard InChI is InChI=1S/C21H22BrNO3/c1-13(23-25-3)20-17-9-8-16-6-4-15(12-19(16)22)5-7-18(11-10-17)21(20)26-14(2)24/h4,6,10-12H,5,7-9H2,1-3H3/b23-13+. The first-order chi connectivity index (χ1) is 12.5. The van der Waals surface area contributed by atoms with Crippen LogP contribution in [0.15, 0.2) is 40.0 Å². The summed E-state index contributed by atoms with van der Waals surface area (Å²) in [7, 11) is 1.52. The van der Waals surface area contributed by atoms with Crippen LogP contribution < -0.4 is 4.74 Å². The molecule has 4 bridgehead atoms. The van der Waals surface area contributed by atoms with Gasteiger partial charge in [-0.2, -0.15) is 0 Å². The van der Waals surface area contributed by atoms with E-state index >= 15 is 0 Å². The summed E-state index contributed by atoms with van der Waals surface area (Å²) in [6.45, 7) is 3.32. The van der Waals surface area contributed by atoms with Crippen molar-refractivity contribution in [1.29, 1.82) is 0 Å². The topological polar surface area (TPSA) is 47.9 Å². The van der Waals surface area contributed by atoms with Gasteiger partial charge in [0.05, 0.1) is 5.71 Å². The van der Waals surface area contributed by atoms with Gasteiger partial charge in [0, 0.05) is 17.0 Å². The monoisotopic (exact) mass is 415 g/mol. The minimum Gasteiger partial charge on any atom is -0.426 e. The number of hydrogen-bond acceptors (Lipinski definition) is 4. The normalized spacial score (nSPS) is 13.9. The Bertz CT molecular complexity index is 874. The molecule has 0 spiro atoms. The van der Waals surface area contributed by atoms with Gasteiger partial charge in [0.1, 0.15) is 12.9 Å². The lowest BCUT2D eigenvalue weighted by atomic mass is 9.90. The molecule has 0 N–H and O–H groups in total. The summed E-state index contributed by atoms with van der Waals surface area (Å²) in [5.41, 5.74) is 6.20. The molecule has 0 amide bonds. The van der Waals surface area contributed by atoms with Crippen LogP contribution >= 0.6 is 15.9 Å². The molecule has 0 saturated carbocycles. The zero-order chi connectivity index (χ0) is 18.7. The number of hydrogen-bond donors (Lipinski definition) is 0. The predicted octanol–water partition coefficient (Wildman–Crippen LogP) is 4.63. The predicted molar refractivity (Wildman–Crippen MR) is 106 cm³/mol. The van der Waals surface area contributed by atoms with Crippen LogP contribution in [-0.2, 0) is 35.3 Å². The number of carbonyl (C=O) groups is 1. The Morgan fingerprint density at radius 3 is 2.35 bits per heavy atom. The quantitative estimate of drug-likeness (QED) is 0.317. The van der Waals surface area contributed by atoms with E-state index in [0.717, 1.165) is 46.8 Å². The van der Waals surface area contributed by atoms with Crippen molar-refractivity contribution in [3.63, 3.8) is 0 Å². The van der Waals surface area contributed by atoms with Gasteiger partial charge in [-0.3, -0.25) is 4.79 Å². The van der Waals surface area contributed by atoms with Crippen molar-refractivity contribution in [3.8, 4) is 5.75 Å². The number of rotatable bonds is 3. The molecule has 4 aliphatic rings. The number of ether oxygens (including phenoxy) is 1. The van der Waals surface area contributed by atoms with Crippen molar-refractivity contribution >= 4 is 27.6 Å². The fourth-order valence-electron chi connectivity index (χ4n) is 3.41. The maximum absolute atomic E-state index is 11.7. The summed E-state index contributed by atoms with van der Waals surface area (Å²) in [6, 6.07) is 10.7. The fourth-order valence-corrected chi connectivity index (χ4v) is 4.03. The number of benzene rings is 2. The highest BCUT2D eigenvalue weighted by atomic mass is 79.9. The number of nitrogens with zero attached hydrogens (tertiary/aromatic N) is 1. The number of oxime groups is 1. The molecule has 0 aliphatic heterocycles. The molecule has 136 valence electrons. The maximum Gasteiger partial charge on any atom is 0.308 e. The van der Waals surface area contributed by atoms with Crippen molar-refractivity contribution in [2.45, 2.75) is 39.5 Å². The largest absolute Gasteiger partial charge is 0.426 e. The molecule has 0 unspecified atom stereocenters. The van der Waals surface area contributed by atoms with E-state index in [4.69, 9.17) is 9.57 Å². The van der Waals surface area contributed by atoms with Gasteiger partial charge in [0.25, 0.3) is 0 Å². The highest BCUT2D eigenvalue weighted by Gasteiger charge is 2.20. The second-order valence-electron chi connectivity index (χ2n) is 6.47. The third-order valence-electron chi connectivity index (χ3n) is 4.63. The molecule has 5 heteroatoms. The van der Waals surface area contributed by atoms with Crippen LogP contribution in [0.2, 0.25) is 0 Å². The molecule has 0 heterocycles. The maximum atomic E-state index is 11.7. The average molecular weight is 416 g/mol. The van der Waals surface area contributed by atoms with E-state index < -0.39 is 0 Å². The van der Waals surface area contributed by atoms with Crippen molar-refractivity contribution in [2.24, 2.45) is 5.16 Å². The Morgan fingerprint density at radius 1 is 1.00 bits per heavy atom. The first-order valence-corrected chi connectivity index (χ1v) is 9.47. The van der Waals surface area contributed by atoms with Gasteiger partial charge in [-0.05, 0) is 60.9 Å². The molecule has 0 radical (unpaired) electrons. The molecule has 2 aromatic carbocycles. The van der Waals surface area contributed by atoms with Crippen molar-refractivity contribution in [3.05, 3.63) is 62.6 Å². The van der Waals surface area contributed by atoms with E-state index in [1.165, 1.54) is 25.2 Å². The van der Waals surface area contributed by atoms with E-state index in [0.29, 0.717) is 11.5 Å². The molecule has 0 aromatic heterocycles. The third-order valence-corrected chi connectivity index (χ3v) is 5.36. The second kappa shape index (κ2) is 8.04. The van der Waals surface area contributed by atoms with E-state index in [-0.39, 0.29) is 5.97 Å². The Balaban J connectivity index is 2.17. The van der Waals surface area contributed by atoms with Crippen LogP contribution in [0, 0.1) is 0 Å². The summed E-state index contributed by atoms with van der Waals surface area (Å²) < 4.78 is 6.79. The number of carbonyl (C=O) groups excluding carboxylic acids is 1. The Hall–Kier alpha value is -2.14. The van der Waals surface area contributed by atoms with E-state index in [2.05, 4.69) is 51.4 Å². The van der Waals surface area contributed by atoms with Gasteiger partial charge in [0.2, 0.25) is 0 Å². The molecule has 4 nitrogen and oxygen atoms in total. The van der Waals surface area contributed by atoms with Crippen LogP contribution in [0.4, 0.5) is 0 Å². The molecule has 0 saturated heterocycles. The van der Waals surface area contributed by atoms with Crippen LogP contribution in [-0.4, -0.2) is 18.8 Å². The summed E-state index contributed by atoms with van der Waals surface area (Å²) in [5.74, 6) is 0.287. The molecular weight excluding hydrogens is 394 g/mol. The van der Waals surface area contributed by atoms with Crippen molar-refractivity contribution in [1.82, 2.24) is 0 Å². The first-order valence-electron chi connectivity index (χ1n) is 8.68. The third kappa shape index (κ3) is 3.98. The SMILES string of the molecule is CO/N=C(\C)c1c2ccc(c1OC(C)=O)CCc1ccc(c(Br)c1)CC2. The van der Waals surface area contributed by atoms with Gasteiger partial charge in [-0.25, -0.2) is 0 Å². The number of aryl methyl sites for hydroxylation is 4. The highest BCUT2D eigenvalue weighted by molar-refractivity contribution is 9.10. The summed E-state index contributed by atoms with van der Waals surface area (Å²) >= 11 is 3.69. The smallest absolute Gasteiger partial charge is 0.308 e. The first kappa shape index (κ1) is 18.6. The average Bonchev–Trinajstić information content (AvgIpc) is 2.58. The lowest BCUT2D eigenvalue weighted by Crippen LogP contribution is -2.13. The Kier molecular flexibility index (Phi) is 5.77. The van der Waals surface area contributed by atoms with Gasteiger partial charge in [-0.15, -0.1) is 0 Å². The van der Waals surface area contributed by atoms with Gasteiger partial charge >= 0.3 is 5.97 Å². The molecule has 26 heavy (non-hydrogen) atoms. The Morgan fingerprint density at radius 2 is 1.65 bits per heavy atom. The Labute approximate surface area is 162 Å².